The molecule has 0 heterocycles. The van der Waals surface area contributed by atoms with Crippen LogP contribution >= 0.6 is 0 Å². The quantitative estimate of drug-likeness (QED) is 0.323. The Bertz CT molecular complexity index is 241. The molecule has 0 saturated carbocycles. The average Bonchev–Trinajstić information content (AvgIpc) is 2.26. The van der Waals surface area contributed by atoms with Gasteiger partial charge < -0.3 is 0 Å². The average molecular weight is 203 g/mol. The van der Waals surface area contributed by atoms with E-state index >= 15 is 0 Å². The Morgan fingerprint density at radius 3 is 2.13 bits per heavy atom. The van der Waals surface area contributed by atoms with Crippen LogP contribution in [0.4, 0.5) is 0 Å². The van der Waals surface area contributed by atoms with Gasteiger partial charge in [-0.1, -0.05) is 49.8 Å². The number of nitrogens with zero attached hydrogens (tertiary/aromatic N) is 1. The standard InChI is InChI=1S/C14H21N/c1-2-3-4-5-6-7-8-9-10-11-12-13-14-15/h4-7,10-11H,2-3,8-9,12-13H2,1H3/b5-4+,7-6+,11-10+. The van der Waals surface area contributed by atoms with Crippen LogP contribution in [-0.4, -0.2) is 0 Å². The first kappa shape index (κ1) is 13.7. The number of unbranched alkanes of at least 4 members (excludes halogenated alkanes) is 3. The lowest BCUT2D eigenvalue weighted by Gasteiger charge is -1.86. The summed E-state index contributed by atoms with van der Waals surface area (Å²) in [5, 5.41) is 8.31. The molecule has 0 aliphatic rings. The van der Waals surface area contributed by atoms with Crippen molar-refractivity contribution in [1.29, 1.82) is 5.26 Å². The van der Waals surface area contributed by atoms with Gasteiger partial charge in [-0.25, -0.2) is 0 Å². The van der Waals surface area contributed by atoms with E-state index in [1.54, 1.807) is 0 Å². The zero-order chi connectivity index (χ0) is 11.2. The van der Waals surface area contributed by atoms with Gasteiger partial charge in [-0.15, -0.1) is 0 Å². The number of nitriles is 1. The molecule has 0 amide bonds. The molecular weight excluding hydrogens is 182 g/mol. The van der Waals surface area contributed by atoms with Gasteiger partial charge in [0.2, 0.25) is 0 Å². The molecule has 0 spiro atoms. The molecule has 0 atom stereocenters. The van der Waals surface area contributed by atoms with Crippen molar-refractivity contribution in [3.05, 3.63) is 36.5 Å². The van der Waals surface area contributed by atoms with Gasteiger partial charge in [0.1, 0.15) is 0 Å². The number of hydrogen-bond donors (Lipinski definition) is 0. The smallest absolute Gasteiger partial charge is 0.0624 e. The van der Waals surface area contributed by atoms with Gasteiger partial charge in [0.15, 0.2) is 0 Å². The Morgan fingerprint density at radius 2 is 1.47 bits per heavy atom. The molecular formula is C14H21N. The molecule has 0 unspecified atom stereocenters. The molecule has 0 saturated heterocycles. The first-order valence-corrected chi connectivity index (χ1v) is 5.75. The summed E-state index contributed by atoms with van der Waals surface area (Å²) in [5.41, 5.74) is 0. The van der Waals surface area contributed by atoms with Crippen molar-refractivity contribution >= 4 is 0 Å². The summed E-state index contributed by atoms with van der Waals surface area (Å²) in [6.07, 6.45) is 18.9. The minimum atomic E-state index is 0.631. The Morgan fingerprint density at radius 1 is 0.867 bits per heavy atom. The van der Waals surface area contributed by atoms with Crippen LogP contribution in [0.15, 0.2) is 36.5 Å². The summed E-state index contributed by atoms with van der Waals surface area (Å²) >= 11 is 0. The first-order chi connectivity index (χ1) is 7.41. The molecule has 0 aliphatic heterocycles. The lowest BCUT2D eigenvalue weighted by Crippen LogP contribution is -1.67. The predicted molar refractivity (Wildman–Crippen MR) is 66.4 cm³/mol. The molecule has 0 aromatic heterocycles. The molecule has 0 N–H and O–H groups in total. The molecule has 0 aromatic carbocycles. The zero-order valence-corrected chi connectivity index (χ0v) is 9.65. The fourth-order valence-corrected chi connectivity index (χ4v) is 1.09. The van der Waals surface area contributed by atoms with E-state index in [4.69, 9.17) is 5.26 Å². The van der Waals surface area contributed by atoms with Crippen LogP contribution in [0, 0.1) is 11.3 Å². The minimum absolute atomic E-state index is 0.631. The van der Waals surface area contributed by atoms with E-state index in [9.17, 15) is 0 Å². The van der Waals surface area contributed by atoms with Crippen LogP contribution in [0.5, 0.6) is 0 Å². The van der Waals surface area contributed by atoms with Gasteiger partial charge in [-0.2, -0.15) is 5.26 Å². The molecule has 82 valence electrons. The normalized spacial score (nSPS) is 11.7. The van der Waals surface area contributed by atoms with E-state index in [2.05, 4.69) is 49.4 Å². The maximum absolute atomic E-state index is 8.31. The summed E-state index contributed by atoms with van der Waals surface area (Å²) in [6.45, 7) is 2.18. The third-order valence-electron chi connectivity index (χ3n) is 1.93. The predicted octanol–water partition coefficient (Wildman–Crippen LogP) is 4.54. The highest BCUT2D eigenvalue weighted by Crippen LogP contribution is 1.97. The summed E-state index contributed by atoms with van der Waals surface area (Å²) in [6, 6.07) is 2.12. The van der Waals surface area contributed by atoms with E-state index in [0.717, 1.165) is 19.3 Å². The van der Waals surface area contributed by atoms with Crippen molar-refractivity contribution in [2.24, 2.45) is 0 Å². The molecule has 0 aliphatic carbocycles. The molecule has 0 rings (SSSR count). The van der Waals surface area contributed by atoms with E-state index in [-0.39, 0.29) is 0 Å². The summed E-state index contributed by atoms with van der Waals surface area (Å²) in [7, 11) is 0. The fourth-order valence-electron chi connectivity index (χ4n) is 1.09. The Labute approximate surface area is 93.8 Å². The molecule has 0 radical (unpaired) electrons. The van der Waals surface area contributed by atoms with Crippen molar-refractivity contribution in [1.82, 2.24) is 0 Å². The van der Waals surface area contributed by atoms with Gasteiger partial charge in [0, 0.05) is 6.42 Å². The number of allylic oxidation sites excluding steroid dienone is 6. The molecule has 1 heteroatoms. The largest absolute Gasteiger partial charge is 0.198 e. The molecule has 0 fully saturated rings. The second-order valence-corrected chi connectivity index (χ2v) is 3.39. The number of rotatable bonds is 8. The van der Waals surface area contributed by atoms with Crippen LogP contribution in [0.2, 0.25) is 0 Å². The lowest BCUT2D eigenvalue weighted by molar-refractivity contribution is 0.958. The monoisotopic (exact) mass is 203 g/mol. The van der Waals surface area contributed by atoms with Gasteiger partial charge in [-0.3, -0.25) is 0 Å². The molecule has 15 heavy (non-hydrogen) atoms. The highest BCUT2D eigenvalue weighted by molar-refractivity contribution is 5.02. The summed E-state index contributed by atoms with van der Waals surface area (Å²) in [4.78, 5) is 0. The first-order valence-electron chi connectivity index (χ1n) is 5.75. The molecule has 0 bridgehead atoms. The van der Waals surface area contributed by atoms with Gasteiger partial charge in [-0.05, 0) is 25.7 Å². The van der Waals surface area contributed by atoms with Crippen LogP contribution in [0.1, 0.15) is 45.4 Å². The summed E-state index contributed by atoms with van der Waals surface area (Å²) in [5.74, 6) is 0. The van der Waals surface area contributed by atoms with Crippen molar-refractivity contribution in [3.63, 3.8) is 0 Å². The third-order valence-corrected chi connectivity index (χ3v) is 1.93. The van der Waals surface area contributed by atoms with Crippen LogP contribution < -0.4 is 0 Å². The van der Waals surface area contributed by atoms with E-state index in [1.165, 1.54) is 12.8 Å². The second kappa shape index (κ2) is 12.7. The lowest BCUT2D eigenvalue weighted by atomic mass is 10.2. The van der Waals surface area contributed by atoms with Crippen LogP contribution in [0.3, 0.4) is 0 Å². The Balaban J connectivity index is 3.30. The second-order valence-electron chi connectivity index (χ2n) is 3.39. The van der Waals surface area contributed by atoms with Gasteiger partial charge in [0.25, 0.3) is 0 Å². The maximum Gasteiger partial charge on any atom is 0.0624 e. The molecule has 1 nitrogen and oxygen atoms in total. The van der Waals surface area contributed by atoms with Gasteiger partial charge in [0.05, 0.1) is 6.07 Å². The van der Waals surface area contributed by atoms with E-state index in [0.29, 0.717) is 6.42 Å². The Hall–Kier alpha value is -1.29. The van der Waals surface area contributed by atoms with Crippen molar-refractivity contribution in [2.45, 2.75) is 45.4 Å². The van der Waals surface area contributed by atoms with Crippen molar-refractivity contribution < 1.29 is 0 Å². The van der Waals surface area contributed by atoms with Crippen molar-refractivity contribution in [2.75, 3.05) is 0 Å². The van der Waals surface area contributed by atoms with Gasteiger partial charge >= 0.3 is 0 Å². The minimum Gasteiger partial charge on any atom is -0.198 e. The maximum atomic E-state index is 8.31. The van der Waals surface area contributed by atoms with E-state index < -0.39 is 0 Å². The number of hydrogen-bond acceptors (Lipinski definition) is 1. The topological polar surface area (TPSA) is 23.8 Å². The summed E-state index contributed by atoms with van der Waals surface area (Å²) < 4.78 is 0. The van der Waals surface area contributed by atoms with Crippen molar-refractivity contribution in [3.8, 4) is 6.07 Å². The zero-order valence-electron chi connectivity index (χ0n) is 9.65. The highest BCUT2D eigenvalue weighted by Gasteiger charge is 1.78. The van der Waals surface area contributed by atoms with E-state index in [1.807, 2.05) is 0 Å². The molecule has 0 aromatic rings. The third kappa shape index (κ3) is 12.7. The highest BCUT2D eigenvalue weighted by atomic mass is 14.2. The van der Waals surface area contributed by atoms with Crippen LogP contribution in [0.25, 0.3) is 0 Å². The SMILES string of the molecule is CCC/C=C/C=C/CC/C=C/CCC#N. The fraction of sp³-hybridized carbons (Fsp3) is 0.500. The van der Waals surface area contributed by atoms with Crippen LogP contribution in [-0.2, 0) is 0 Å². The Kier molecular flexibility index (Phi) is 11.6.